The van der Waals surface area contributed by atoms with E-state index in [1.54, 1.807) is 6.20 Å². The number of benzene rings is 1. The molecular weight excluding hydrogens is 294 g/mol. The second-order valence-electron chi connectivity index (χ2n) is 5.74. The average Bonchev–Trinajstić information content (AvgIpc) is 3.32. The van der Waals surface area contributed by atoms with Crippen LogP contribution in [-0.4, -0.2) is 17.7 Å². The van der Waals surface area contributed by atoms with Crippen LogP contribution in [0.1, 0.15) is 18.4 Å². The lowest BCUT2D eigenvalue weighted by Gasteiger charge is -2.08. The number of aromatic nitrogens is 1. The summed E-state index contributed by atoms with van der Waals surface area (Å²) < 4.78 is 10.7. The molecule has 0 saturated heterocycles. The van der Waals surface area contributed by atoms with Gasteiger partial charge in [0.25, 0.3) is 0 Å². The zero-order valence-electron chi connectivity index (χ0n) is 12.5. The number of hydrogen-bond acceptors (Lipinski definition) is 5. The number of carbonyl (C=O) groups is 1. The van der Waals surface area contributed by atoms with Gasteiger partial charge in [0.2, 0.25) is 12.7 Å². The van der Waals surface area contributed by atoms with Gasteiger partial charge in [-0.1, -0.05) is 6.07 Å². The van der Waals surface area contributed by atoms with Crippen molar-refractivity contribution in [1.82, 2.24) is 4.98 Å². The summed E-state index contributed by atoms with van der Waals surface area (Å²) in [5.41, 5.74) is 1.99. The van der Waals surface area contributed by atoms with Gasteiger partial charge in [-0.05, 0) is 42.7 Å². The van der Waals surface area contributed by atoms with Gasteiger partial charge < -0.3 is 20.1 Å². The highest BCUT2D eigenvalue weighted by Gasteiger charge is 2.29. The Morgan fingerprint density at radius 2 is 2.04 bits per heavy atom. The number of anilines is 2. The van der Waals surface area contributed by atoms with Crippen molar-refractivity contribution in [3.8, 4) is 11.5 Å². The molecule has 2 heterocycles. The van der Waals surface area contributed by atoms with Crippen LogP contribution in [0.15, 0.2) is 36.5 Å². The van der Waals surface area contributed by atoms with Crippen molar-refractivity contribution in [3.63, 3.8) is 0 Å². The summed E-state index contributed by atoms with van der Waals surface area (Å²) in [6.07, 6.45) is 3.69. The quantitative estimate of drug-likeness (QED) is 0.888. The van der Waals surface area contributed by atoms with Crippen LogP contribution in [0.25, 0.3) is 0 Å². The standard InChI is InChI=1S/C17H17N3O3/c21-17(12-2-3-12)20-16-6-4-13(9-19-16)18-8-11-1-5-14-15(7-11)23-10-22-14/h1,4-7,9,12,18H,2-3,8,10H2,(H,19,20,21). The largest absolute Gasteiger partial charge is 0.454 e. The van der Waals surface area contributed by atoms with E-state index in [1.165, 1.54) is 0 Å². The van der Waals surface area contributed by atoms with Gasteiger partial charge in [-0.3, -0.25) is 4.79 Å². The van der Waals surface area contributed by atoms with Crippen LogP contribution >= 0.6 is 0 Å². The van der Waals surface area contributed by atoms with Crippen LogP contribution in [-0.2, 0) is 11.3 Å². The number of nitrogens with zero attached hydrogens (tertiary/aromatic N) is 1. The number of fused-ring (bicyclic) bond motifs is 1. The third-order valence-electron chi connectivity index (χ3n) is 3.90. The molecule has 1 aliphatic carbocycles. The minimum atomic E-state index is 0.0681. The maximum absolute atomic E-state index is 11.7. The lowest BCUT2D eigenvalue weighted by Crippen LogP contribution is -2.14. The van der Waals surface area contributed by atoms with Gasteiger partial charge in [-0.15, -0.1) is 0 Å². The smallest absolute Gasteiger partial charge is 0.231 e. The number of rotatable bonds is 5. The number of pyridine rings is 1. The molecule has 1 aromatic heterocycles. The first-order valence-corrected chi connectivity index (χ1v) is 7.67. The fraction of sp³-hybridized carbons (Fsp3) is 0.294. The van der Waals surface area contributed by atoms with Crippen molar-refractivity contribution in [3.05, 3.63) is 42.1 Å². The zero-order valence-corrected chi connectivity index (χ0v) is 12.5. The third kappa shape index (κ3) is 3.21. The molecule has 2 aromatic rings. The van der Waals surface area contributed by atoms with Gasteiger partial charge in [0.15, 0.2) is 11.5 Å². The SMILES string of the molecule is O=C(Nc1ccc(NCc2ccc3c(c2)OCO3)cn1)C1CC1. The van der Waals surface area contributed by atoms with E-state index in [2.05, 4.69) is 15.6 Å². The molecule has 6 nitrogen and oxygen atoms in total. The highest BCUT2D eigenvalue weighted by Crippen LogP contribution is 2.32. The molecular formula is C17H17N3O3. The van der Waals surface area contributed by atoms with E-state index in [9.17, 15) is 4.79 Å². The first-order valence-electron chi connectivity index (χ1n) is 7.67. The Labute approximate surface area is 133 Å². The minimum Gasteiger partial charge on any atom is -0.454 e. The maximum Gasteiger partial charge on any atom is 0.231 e. The van der Waals surface area contributed by atoms with Gasteiger partial charge in [0.05, 0.1) is 11.9 Å². The summed E-state index contributed by atoms with van der Waals surface area (Å²) >= 11 is 0. The first kappa shape index (κ1) is 13.9. The summed E-state index contributed by atoms with van der Waals surface area (Å²) in [5, 5.41) is 6.12. The summed E-state index contributed by atoms with van der Waals surface area (Å²) in [6, 6.07) is 9.59. The molecule has 0 unspecified atom stereocenters. The molecule has 4 rings (SSSR count). The van der Waals surface area contributed by atoms with Gasteiger partial charge in [-0.2, -0.15) is 0 Å². The minimum absolute atomic E-state index is 0.0681. The van der Waals surface area contributed by atoms with E-state index in [-0.39, 0.29) is 18.6 Å². The van der Waals surface area contributed by atoms with E-state index in [0.717, 1.165) is 35.6 Å². The van der Waals surface area contributed by atoms with Gasteiger partial charge in [-0.25, -0.2) is 4.98 Å². The second-order valence-corrected chi connectivity index (χ2v) is 5.74. The molecule has 1 aliphatic heterocycles. The summed E-state index contributed by atoms with van der Waals surface area (Å²) in [4.78, 5) is 15.9. The zero-order chi connectivity index (χ0) is 15.6. The van der Waals surface area contributed by atoms with Gasteiger partial charge in [0, 0.05) is 12.5 Å². The molecule has 1 aromatic carbocycles. The fourth-order valence-corrected chi connectivity index (χ4v) is 2.40. The molecule has 0 spiro atoms. The number of amides is 1. The Bertz CT molecular complexity index is 726. The number of hydrogen-bond donors (Lipinski definition) is 2. The van der Waals surface area contributed by atoms with E-state index in [4.69, 9.17) is 9.47 Å². The van der Waals surface area contributed by atoms with Crippen molar-refractivity contribution >= 4 is 17.4 Å². The first-order chi connectivity index (χ1) is 11.3. The monoisotopic (exact) mass is 311 g/mol. The molecule has 1 amide bonds. The Hall–Kier alpha value is -2.76. The molecule has 1 saturated carbocycles. The third-order valence-corrected chi connectivity index (χ3v) is 3.90. The van der Waals surface area contributed by atoms with Crippen LogP contribution in [0.3, 0.4) is 0 Å². The highest BCUT2D eigenvalue weighted by molar-refractivity contribution is 5.93. The highest BCUT2D eigenvalue weighted by atomic mass is 16.7. The van der Waals surface area contributed by atoms with E-state index in [1.807, 2.05) is 30.3 Å². The van der Waals surface area contributed by atoms with Crippen molar-refractivity contribution in [2.24, 2.45) is 5.92 Å². The van der Waals surface area contributed by atoms with Crippen molar-refractivity contribution < 1.29 is 14.3 Å². The molecule has 2 aliphatic rings. The van der Waals surface area contributed by atoms with Crippen LogP contribution in [0.4, 0.5) is 11.5 Å². The van der Waals surface area contributed by atoms with E-state index in [0.29, 0.717) is 12.4 Å². The molecule has 6 heteroatoms. The lowest BCUT2D eigenvalue weighted by atomic mass is 10.2. The molecule has 2 N–H and O–H groups in total. The van der Waals surface area contributed by atoms with Crippen molar-refractivity contribution in [2.75, 3.05) is 17.4 Å². The van der Waals surface area contributed by atoms with Crippen LogP contribution in [0.2, 0.25) is 0 Å². The average molecular weight is 311 g/mol. The fourth-order valence-electron chi connectivity index (χ4n) is 2.40. The lowest BCUT2D eigenvalue weighted by molar-refractivity contribution is -0.117. The summed E-state index contributed by atoms with van der Waals surface area (Å²) in [5.74, 6) is 2.40. The number of nitrogens with one attached hydrogen (secondary N) is 2. The Kier molecular flexibility index (Phi) is 3.49. The topological polar surface area (TPSA) is 72.5 Å². The maximum atomic E-state index is 11.7. The normalized spacial score (nSPS) is 15.3. The van der Waals surface area contributed by atoms with Crippen molar-refractivity contribution in [2.45, 2.75) is 19.4 Å². The van der Waals surface area contributed by atoms with Crippen LogP contribution < -0.4 is 20.1 Å². The number of ether oxygens (including phenoxy) is 2. The molecule has 118 valence electrons. The predicted molar refractivity (Wildman–Crippen MR) is 85.5 cm³/mol. The molecule has 0 bridgehead atoms. The number of carbonyl (C=O) groups excluding carboxylic acids is 1. The Balaban J connectivity index is 1.34. The Morgan fingerprint density at radius 3 is 2.83 bits per heavy atom. The van der Waals surface area contributed by atoms with Crippen LogP contribution in [0.5, 0.6) is 11.5 Å². The molecule has 1 fully saturated rings. The summed E-state index contributed by atoms with van der Waals surface area (Å²) in [6.45, 7) is 0.941. The second kappa shape index (κ2) is 5.79. The van der Waals surface area contributed by atoms with Gasteiger partial charge >= 0.3 is 0 Å². The van der Waals surface area contributed by atoms with E-state index < -0.39 is 0 Å². The Morgan fingerprint density at radius 1 is 1.17 bits per heavy atom. The molecule has 0 radical (unpaired) electrons. The summed E-state index contributed by atoms with van der Waals surface area (Å²) in [7, 11) is 0. The molecule has 23 heavy (non-hydrogen) atoms. The van der Waals surface area contributed by atoms with Gasteiger partial charge in [0.1, 0.15) is 5.82 Å². The van der Waals surface area contributed by atoms with Crippen molar-refractivity contribution in [1.29, 1.82) is 0 Å². The predicted octanol–water partition coefficient (Wildman–Crippen LogP) is 2.77. The molecule has 0 atom stereocenters. The van der Waals surface area contributed by atoms with E-state index >= 15 is 0 Å². The van der Waals surface area contributed by atoms with Crippen LogP contribution in [0, 0.1) is 5.92 Å².